The van der Waals surface area contributed by atoms with Crippen LogP contribution in [0.1, 0.15) is 12.8 Å². The summed E-state index contributed by atoms with van der Waals surface area (Å²) in [5.74, 6) is 0.481. The standard InChI is InChI=1S/C13H16Cl2N2O2/c14-10-2-1-3-11(12(10)15)17-13(18)16-8-9-4-6-19-7-5-9/h1-3,9H,4-8H2,(H2,16,17,18). The van der Waals surface area contributed by atoms with E-state index in [1.54, 1.807) is 18.2 Å². The van der Waals surface area contributed by atoms with Gasteiger partial charge in [-0.2, -0.15) is 0 Å². The van der Waals surface area contributed by atoms with E-state index in [1.165, 1.54) is 0 Å². The molecule has 1 aliphatic rings. The van der Waals surface area contributed by atoms with Crippen molar-refractivity contribution in [2.24, 2.45) is 5.92 Å². The van der Waals surface area contributed by atoms with Crippen molar-refractivity contribution in [3.63, 3.8) is 0 Å². The molecule has 4 nitrogen and oxygen atoms in total. The fourth-order valence-electron chi connectivity index (χ4n) is 1.95. The van der Waals surface area contributed by atoms with Gasteiger partial charge in [-0.1, -0.05) is 29.3 Å². The number of anilines is 1. The molecule has 6 heteroatoms. The van der Waals surface area contributed by atoms with Crippen molar-refractivity contribution in [1.29, 1.82) is 0 Å². The Morgan fingerprint density at radius 2 is 2.05 bits per heavy atom. The van der Waals surface area contributed by atoms with Gasteiger partial charge in [0.2, 0.25) is 0 Å². The van der Waals surface area contributed by atoms with E-state index in [2.05, 4.69) is 10.6 Å². The normalized spacial score (nSPS) is 16.1. The van der Waals surface area contributed by atoms with E-state index in [0.29, 0.717) is 28.2 Å². The first-order chi connectivity index (χ1) is 9.16. The van der Waals surface area contributed by atoms with Crippen LogP contribution in [0.3, 0.4) is 0 Å². The van der Waals surface area contributed by atoms with Crippen LogP contribution in [0.4, 0.5) is 10.5 Å². The van der Waals surface area contributed by atoms with Gasteiger partial charge in [0.15, 0.2) is 0 Å². The van der Waals surface area contributed by atoms with Gasteiger partial charge in [0.05, 0.1) is 15.7 Å². The summed E-state index contributed by atoms with van der Waals surface area (Å²) in [6.07, 6.45) is 1.97. The summed E-state index contributed by atoms with van der Waals surface area (Å²) >= 11 is 11.9. The van der Waals surface area contributed by atoms with Crippen LogP contribution in [-0.4, -0.2) is 25.8 Å². The average molecular weight is 303 g/mol. The molecule has 0 unspecified atom stereocenters. The minimum Gasteiger partial charge on any atom is -0.381 e. The van der Waals surface area contributed by atoms with Crippen LogP contribution in [0.2, 0.25) is 10.0 Å². The van der Waals surface area contributed by atoms with Crippen LogP contribution in [-0.2, 0) is 4.74 Å². The molecule has 0 aliphatic carbocycles. The molecule has 19 heavy (non-hydrogen) atoms. The number of ether oxygens (including phenoxy) is 1. The van der Waals surface area contributed by atoms with E-state index in [9.17, 15) is 4.79 Å². The number of amides is 2. The van der Waals surface area contributed by atoms with Crippen molar-refractivity contribution in [1.82, 2.24) is 5.32 Å². The molecule has 0 bridgehead atoms. The predicted molar refractivity (Wildman–Crippen MR) is 77.0 cm³/mol. The van der Waals surface area contributed by atoms with Crippen LogP contribution >= 0.6 is 23.2 Å². The van der Waals surface area contributed by atoms with Crippen molar-refractivity contribution in [2.75, 3.05) is 25.1 Å². The van der Waals surface area contributed by atoms with E-state index >= 15 is 0 Å². The average Bonchev–Trinajstić information content (AvgIpc) is 2.43. The Balaban J connectivity index is 1.82. The van der Waals surface area contributed by atoms with E-state index in [1.807, 2.05) is 0 Å². The number of carbonyl (C=O) groups is 1. The zero-order chi connectivity index (χ0) is 13.7. The minimum absolute atomic E-state index is 0.268. The molecule has 0 radical (unpaired) electrons. The molecule has 0 aromatic heterocycles. The highest BCUT2D eigenvalue weighted by Gasteiger charge is 2.15. The van der Waals surface area contributed by atoms with Crippen molar-refractivity contribution < 1.29 is 9.53 Å². The molecule has 1 aromatic carbocycles. The molecule has 1 aliphatic heterocycles. The van der Waals surface area contributed by atoms with Gasteiger partial charge in [-0.25, -0.2) is 4.79 Å². The van der Waals surface area contributed by atoms with Gasteiger partial charge >= 0.3 is 6.03 Å². The van der Waals surface area contributed by atoms with Crippen LogP contribution in [0.15, 0.2) is 18.2 Å². The maximum Gasteiger partial charge on any atom is 0.319 e. The Kier molecular flexibility index (Phi) is 5.31. The van der Waals surface area contributed by atoms with Crippen LogP contribution in [0.5, 0.6) is 0 Å². The zero-order valence-electron chi connectivity index (χ0n) is 10.4. The minimum atomic E-state index is -0.268. The van der Waals surface area contributed by atoms with Gasteiger partial charge in [-0.15, -0.1) is 0 Å². The topological polar surface area (TPSA) is 50.4 Å². The summed E-state index contributed by atoms with van der Waals surface area (Å²) in [6.45, 7) is 2.19. The third-order valence-corrected chi connectivity index (χ3v) is 3.91. The fourth-order valence-corrected chi connectivity index (χ4v) is 2.30. The Morgan fingerprint density at radius 1 is 1.32 bits per heavy atom. The van der Waals surface area contributed by atoms with E-state index < -0.39 is 0 Å². The number of benzene rings is 1. The first-order valence-electron chi connectivity index (χ1n) is 6.23. The van der Waals surface area contributed by atoms with Crippen molar-refractivity contribution in [2.45, 2.75) is 12.8 Å². The fraction of sp³-hybridized carbons (Fsp3) is 0.462. The Morgan fingerprint density at radius 3 is 2.79 bits per heavy atom. The molecule has 1 heterocycles. The van der Waals surface area contributed by atoms with Gasteiger partial charge in [0.1, 0.15) is 0 Å². The van der Waals surface area contributed by atoms with E-state index in [4.69, 9.17) is 27.9 Å². The Bertz CT molecular complexity index is 448. The maximum atomic E-state index is 11.8. The van der Waals surface area contributed by atoms with Gasteiger partial charge in [0, 0.05) is 19.8 Å². The summed E-state index contributed by atoms with van der Waals surface area (Å²) in [7, 11) is 0. The van der Waals surface area contributed by atoms with Crippen molar-refractivity contribution in [3.05, 3.63) is 28.2 Å². The third-order valence-electron chi connectivity index (χ3n) is 3.09. The second-order valence-electron chi connectivity index (χ2n) is 4.49. The molecule has 0 saturated carbocycles. The van der Waals surface area contributed by atoms with Crippen LogP contribution in [0.25, 0.3) is 0 Å². The number of urea groups is 1. The lowest BCUT2D eigenvalue weighted by Gasteiger charge is -2.22. The highest BCUT2D eigenvalue weighted by molar-refractivity contribution is 6.43. The van der Waals surface area contributed by atoms with Gasteiger partial charge in [-0.05, 0) is 30.9 Å². The molecule has 1 fully saturated rings. The molecule has 1 aromatic rings. The number of hydrogen-bond acceptors (Lipinski definition) is 2. The molecule has 0 spiro atoms. The maximum absolute atomic E-state index is 11.8. The molecule has 2 N–H and O–H groups in total. The van der Waals surface area contributed by atoms with Crippen LogP contribution < -0.4 is 10.6 Å². The van der Waals surface area contributed by atoms with Gasteiger partial charge in [0.25, 0.3) is 0 Å². The lowest BCUT2D eigenvalue weighted by molar-refractivity contribution is 0.0671. The van der Waals surface area contributed by atoms with Gasteiger partial charge < -0.3 is 15.4 Å². The number of hydrogen-bond donors (Lipinski definition) is 2. The van der Waals surface area contributed by atoms with E-state index in [0.717, 1.165) is 26.1 Å². The number of rotatable bonds is 3. The Hall–Kier alpha value is -0.970. The largest absolute Gasteiger partial charge is 0.381 e. The van der Waals surface area contributed by atoms with Crippen molar-refractivity contribution in [3.8, 4) is 0 Å². The quantitative estimate of drug-likeness (QED) is 0.897. The molecular formula is C13H16Cl2N2O2. The van der Waals surface area contributed by atoms with Crippen molar-refractivity contribution >= 4 is 34.9 Å². The SMILES string of the molecule is O=C(NCC1CCOCC1)Nc1cccc(Cl)c1Cl. The summed E-state index contributed by atoms with van der Waals surface area (Å²) in [5.41, 5.74) is 0.513. The number of carbonyl (C=O) groups excluding carboxylic acids is 1. The number of nitrogens with one attached hydrogen (secondary N) is 2. The molecule has 2 amide bonds. The predicted octanol–water partition coefficient (Wildman–Crippen LogP) is 3.54. The lowest BCUT2D eigenvalue weighted by atomic mass is 10.0. The smallest absolute Gasteiger partial charge is 0.319 e. The molecule has 2 rings (SSSR count). The van der Waals surface area contributed by atoms with E-state index in [-0.39, 0.29) is 6.03 Å². The van der Waals surface area contributed by atoms with Crippen LogP contribution in [0, 0.1) is 5.92 Å². The third kappa shape index (κ3) is 4.27. The monoisotopic (exact) mass is 302 g/mol. The Labute approximate surface area is 122 Å². The molecular weight excluding hydrogens is 287 g/mol. The summed E-state index contributed by atoms with van der Waals surface area (Å²) in [4.78, 5) is 11.8. The summed E-state index contributed by atoms with van der Waals surface area (Å²) in [6, 6.07) is 4.86. The molecule has 104 valence electrons. The highest BCUT2D eigenvalue weighted by atomic mass is 35.5. The summed E-state index contributed by atoms with van der Waals surface area (Å²) in [5, 5.41) is 6.31. The first kappa shape index (κ1) is 14.4. The first-order valence-corrected chi connectivity index (χ1v) is 6.99. The zero-order valence-corrected chi connectivity index (χ0v) is 11.9. The second-order valence-corrected chi connectivity index (χ2v) is 5.28. The lowest BCUT2D eigenvalue weighted by Crippen LogP contribution is -2.35. The highest BCUT2D eigenvalue weighted by Crippen LogP contribution is 2.29. The van der Waals surface area contributed by atoms with Gasteiger partial charge in [-0.3, -0.25) is 0 Å². The summed E-state index contributed by atoms with van der Waals surface area (Å²) < 4.78 is 5.27. The molecule has 0 atom stereocenters. The second kappa shape index (κ2) is 6.98. The molecule has 1 saturated heterocycles. The number of halogens is 2.